The van der Waals surface area contributed by atoms with Crippen molar-refractivity contribution in [2.24, 2.45) is 4.99 Å². The van der Waals surface area contributed by atoms with E-state index in [9.17, 15) is 14.0 Å². The minimum absolute atomic E-state index is 0.219. The van der Waals surface area contributed by atoms with Crippen molar-refractivity contribution in [2.45, 2.75) is 40.3 Å². The fourth-order valence-corrected chi connectivity index (χ4v) is 6.66. The van der Waals surface area contributed by atoms with Gasteiger partial charge in [-0.3, -0.25) is 9.36 Å². The molecule has 0 N–H and O–H groups in total. The zero-order valence-electron chi connectivity index (χ0n) is 23.8. The van der Waals surface area contributed by atoms with Gasteiger partial charge in [-0.25, -0.2) is 14.2 Å². The van der Waals surface area contributed by atoms with Gasteiger partial charge in [0.1, 0.15) is 5.82 Å². The number of esters is 1. The number of halogens is 1. The Balaban J connectivity index is 1.55. The number of aryl methyl sites for hydroxylation is 1. The van der Waals surface area contributed by atoms with Crippen molar-refractivity contribution >= 4 is 34.3 Å². The van der Waals surface area contributed by atoms with Gasteiger partial charge in [0.15, 0.2) is 4.80 Å². The fourth-order valence-electron chi connectivity index (χ4n) is 5.63. The molecular weight excluding hydrogens is 549 g/mol. The van der Waals surface area contributed by atoms with Crippen LogP contribution < -0.4 is 14.9 Å². The lowest BCUT2D eigenvalue weighted by Gasteiger charge is -2.24. The third-order valence-electron chi connectivity index (χ3n) is 7.75. The van der Waals surface area contributed by atoms with E-state index in [2.05, 4.69) is 4.57 Å². The van der Waals surface area contributed by atoms with Gasteiger partial charge in [-0.05, 0) is 51.5 Å². The lowest BCUT2D eigenvalue weighted by Crippen LogP contribution is -2.39. The minimum atomic E-state index is -0.661. The number of carbonyl (C=O) groups excluding carboxylic acids is 1. The molecule has 0 amide bonds. The van der Waals surface area contributed by atoms with E-state index in [1.807, 2.05) is 74.5 Å². The molecule has 0 fully saturated rings. The molecule has 8 heteroatoms. The van der Waals surface area contributed by atoms with E-state index in [1.165, 1.54) is 17.4 Å². The monoisotopic (exact) mass is 579 g/mol. The van der Waals surface area contributed by atoms with Crippen molar-refractivity contribution in [3.8, 4) is 0 Å². The minimum Gasteiger partial charge on any atom is -0.463 e. The number of aromatic nitrogens is 2. The third-order valence-corrected chi connectivity index (χ3v) is 8.73. The number of rotatable bonds is 6. The first-order valence-corrected chi connectivity index (χ1v) is 14.7. The summed E-state index contributed by atoms with van der Waals surface area (Å²) >= 11 is 1.29. The molecule has 1 aliphatic rings. The van der Waals surface area contributed by atoms with Crippen molar-refractivity contribution < 1.29 is 13.9 Å². The fraction of sp³-hybridized carbons (Fsp3) is 0.206. The lowest BCUT2D eigenvalue weighted by molar-refractivity contribution is -0.139. The van der Waals surface area contributed by atoms with E-state index < -0.39 is 12.0 Å². The summed E-state index contributed by atoms with van der Waals surface area (Å²) in [6, 6.07) is 21.9. The molecule has 0 aliphatic carbocycles. The molecule has 6 rings (SSSR count). The second-order valence-corrected chi connectivity index (χ2v) is 11.4. The van der Waals surface area contributed by atoms with Crippen LogP contribution in [0.5, 0.6) is 0 Å². The van der Waals surface area contributed by atoms with Crippen molar-refractivity contribution in [3.63, 3.8) is 0 Å². The highest BCUT2D eigenvalue weighted by molar-refractivity contribution is 7.07. The average Bonchev–Trinajstić information content (AvgIpc) is 3.42. The SMILES string of the molecule is CCOC(=O)C1=C(C)N=c2s/c(=C\c3c(C)n(Cc4ccccc4F)c4ccccc34)c(=O)n2[C@@H]1c1ccc(C)cc1. The smallest absolute Gasteiger partial charge is 0.338 e. The molecule has 42 heavy (non-hydrogen) atoms. The van der Waals surface area contributed by atoms with Gasteiger partial charge in [-0.1, -0.05) is 77.6 Å². The van der Waals surface area contributed by atoms with Gasteiger partial charge in [-0.15, -0.1) is 0 Å². The van der Waals surface area contributed by atoms with Crippen LogP contribution in [0.3, 0.4) is 0 Å². The molecular formula is C34H30FN3O3S. The summed E-state index contributed by atoms with van der Waals surface area (Å²) in [5.41, 5.74) is 5.90. The van der Waals surface area contributed by atoms with Gasteiger partial charge < -0.3 is 9.30 Å². The van der Waals surface area contributed by atoms with Gasteiger partial charge in [0.05, 0.1) is 35.0 Å². The quantitative estimate of drug-likeness (QED) is 0.248. The number of thiazole rings is 1. The van der Waals surface area contributed by atoms with E-state index in [0.717, 1.165) is 33.3 Å². The van der Waals surface area contributed by atoms with Crippen LogP contribution in [-0.4, -0.2) is 21.7 Å². The molecule has 212 valence electrons. The van der Waals surface area contributed by atoms with Crippen LogP contribution in [0.2, 0.25) is 0 Å². The molecule has 1 aliphatic heterocycles. The van der Waals surface area contributed by atoms with E-state index in [-0.39, 0.29) is 18.0 Å². The number of fused-ring (bicyclic) bond motifs is 2. The Labute approximate surface area is 246 Å². The summed E-state index contributed by atoms with van der Waals surface area (Å²) in [6.07, 6.45) is 1.90. The van der Waals surface area contributed by atoms with Crippen LogP contribution in [0.15, 0.2) is 93.9 Å². The van der Waals surface area contributed by atoms with Crippen LogP contribution in [0.25, 0.3) is 17.0 Å². The molecule has 3 aromatic carbocycles. The lowest BCUT2D eigenvalue weighted by atomic mass is 9.95. The van der Waals surface area contributed by atoms with E-state index in [0.29, 0.717) is 32.7 Å². The molecule has 0 spiro atoms. The van der Waals surface area contributed by atoms with E-state index >= 15 is 0 Å². The van der Waals surface area contributed by atoms with Crippen LogP contribution >= 0.6 is 11.3 Å². The highest BCUT2D eigenvalue weighted by Crippen LogP contribution is 2.31. The number of hydrogen-bond acceptors (Lipinski definition) is 5. The highest BCUT2D eigenvalue weighted by Gasteiger charge is 2.33. The standard InChI is InChI=1S/C34H30FN3O3S/c1-5-41-33(40)30-21(3)36-34-38(31(30)23-16-14-20(2)15-17-23)32(39)29(42-34)18-26-22(4)37(28-13-9-7-11-25(26)28)19-24-10-6-8-12-27(24)35/h6-18,31H,5,19H2,1-4H3/b29-18-/t31-/m1/s1. The molecule has 3 heterocycles. The summed E-state index contributed by atoms with van der Waals surface area (Å²) in [6.45, 7) is 8.11. The Hall–Kier alpha value is -4.56. The molecule has 1 atom stereocenters. The van der Waals surface area contributed by atoms with Crippen LogP contribution in [0.4, 0.5) is 4.39 Å². The second kappa shape index (κ2) is 11.0. The van der Waals surface area contributed by atoms with Gasteiger partial charge in [0.25, 0.3) is 5.56 Å². The van der Waals surface area contributed by atoms with Crippen LogP contribution in [0.1, 0.15) is 47.8 Å². The number of carbonyl (C=O) groups is 1. The zero-order valence-corrected chi connectivity index (χ0v) is 24.7. The summed E-state index contributed by atoms with van der Waals surface area (Å²) in [4.78, 5) is 32.5. The summed E-state index contributed by atoms with van der Waals surface area (Å²) in [5, 5.41) is 0.968. The van der Waals surface area contributed by atoms with E-state index in [4.69, 9.17) is 9.73 Å². The summed E-state index contributed by atoms with van der Waals surface area (Å²) in [5.74, 6) is -0.737. The maximum Gasteiger partial charge on any atom is 0.338 e. The van der Waals surface area contributed by atoms with Gasteiger partial charge in [0.2, 0.25) is 0 Å². The van der Waals surface area contributed by atoms with Crippen LogP contribution in [-0.2, 0) is 16.1 Å². The first kappa shape index (κ1) is 27.6. The number of ether oxygens (including phenoxy) is 1. The number of para-hydroxylation sites is 1. The second-order valence-electron chi connectivity index (χ2n) is 10.4. The van der Waals surface area contributed by atoms with Crippen molar-refractivity contribution in [3.05, 3.63) is 138 Å². The summed E-state index contributed by atoms with van der Waals surface area (Å²) < 4.78 is 24.2. The first-order chi connectivity index (χ1) is 20.3. The Morgan fingerprint density at radius 3 is 2.48 bits per heavy atom. The molecule has 0 bridgehead atoms. The number of benzene rings is 3. The maximum absolute atomic E-state index is 14.6. The van der Waals surface area contributed by atoms with Crippen LogP contribution in [0, 0.1) is 19.7 Å². The highest BCUT2D eigenvalue weighted by atomic mass is 32.1. The molecule has 2 aromatic heterocycles. The zero-order chi connectivity index (χ0) is 29.5. The largest absolute Gasteiger partial charge is 0.463 e. The first-order valence-electron chi connectivity index (χ1n) is 13.9. The predicted molar refractivity (Wildman–Crippen MR) is 164 cm³/mol. The molecule has 0 saturated heterocycles. The Morgan fingerprint density at radius 1 is 1.02 bits per heavy atom. The number of hydrogen-bond donors (Lipinski definition) is 0. The summed E-state index contributed by atoms with van der Waals surface area (Å²) in [7, 11) is 0. The molecule has 5 aromatic rings. The number of nitrogens with zero attached hydrogens (tertiary/aromatic N) is 3. The third kappa shape index (κ3) is 4.71. The predicted octanol–water partition coefficient (Wildman–Crippen LogP) is 5.56. The molecule has 0 radical (unpaired) electrons. The topological polar surface area (TPSA) is 65.6 Å². The molecule has 0 saturated carbocycles. The molecule has 6 nitrogen and oxygen atoms in total. The Bertz CT molecular complexity index is 2070. The Kier molecular flexibility index (Phi) is 7.24. The van der Waals surface area contributed by atoms with E-state index in [1.54, 1.807) is 30.5 Å². The van der Waals surface area contributed by atoms with Gasteiger partial charge in [-0.2, -0.15) is 0 Å². The van der Waals surface area contributed by atoms with Gasteiger partial charge >= 0.3 is 5.97 Å². The van der Waals surface area contributed by atoms with Gasteiger partial charge in [0, 0.05) is 27.7 Å². The number of allylic oxidation sites excluding steroid dienone is 1. The average molecular weight is 580 g/mol. The van der Waals surface area contributed by atoms with Crippen molar-refractivity contribution in [2.75, 3.05) is 6.61 Å². The van der Waals surface area contributed by atoms with Crippen molar-refractivity contribution in [1.29, 1.82) is 0 Å². The Morgan fingerprint density at radius 2 is 1.74 bits per heavy atom. The molecule has 0 unspecified atom stereocenters. The normalized spacial score (nSPS) is 15.2. The maximum atomic E-state index is 14.6. The van der Waals surface area contributed by atoms with Crippen molar-refractivity contribution in [1.82, 2.24) is 9.13 Å².